The standard InChI is InChI=1S/C23H20O4/c1-16(24)21-19-13-7-6-12-18(19)15-20(23(25)26-2)22(21)27-14-8-11-17-9-4-3-5-10-17/h3-13,15H,14H2,1-2H3/b11-8+. The molecule has 0 amide bonds. The SMILES string of the molecule is COC(=O)c1cc2ccccc2c(C(C)=O)c1OC/C=C/c1ccccc1. The molecule has 0 atom stereocenters. The van der Waals surface area contributed by atoms with Gasteiger partial charge in [-0.15, -0.1) is 0 Å². The summed E-state index contributed by atoms with van der Waals surface area (Å²) in [7, 11) is 1.31. The van der Waals surface area contributed by atoms with Gasteiger partial charge in [0.1, 0.15) is 17.9 Å². The zero-order valence-corrected chi connectivity index (χ0v) is 15.3. The van der Waals surface area contributed by atoms with Crippen LogP contribution in [0, 0.1) is 0 Å². The lowest BCUT2D eigenvalue weighted by Gasteiger charge is -2.15. The first kappa shape index (κ1) is 18.4. The second-order valence-corrected chi connectivity index (χ2v) is 6.02. The van der Waals surface area contributed by atoms with Gasteiger partial charge in [-0.05, 0) is 35.4 Å². The summed E-state index contributed by atoms with van der Waals surface area (Å²) in [5.74, 6) is -0.449. The molecular weight excluding hydrogens is 340 g/mol. The second kappa shape index (κ2) is 8.32. The van der Waals surface area contributed by atoms with Crippen LogP contribution in [-0.4, -0.2) is 25.5 Å². The molecule has 27 heavy (non-hydrogen) atoms. The summed E-state index contributed by atoms with van der Waals surface area (Å²) < 4.78 is 10.8. The van der Waals surface area contributed by atoms with E-state index in [4.69, 9.17) is 9.47 Å². The predicted molar refractivity (Wildman–Crippen MR) is 106 cm³/mol. The molecule has 0 fully saturated rings. The predicted octanol–water partition coefficient (Wildman–Crippen LogP) is 4.92. The van der Waals surface area contributed by atoms with Crippen molar-refractivity contribution in [1.29, 1.82) is 0 Å². The van der Waals surface area contributed by atoms with Crippen LogP contribution in [0.2, 0.25) is 0 Å². The first-order chi connectivity index (χ1) is 13.1. The molecule has 0 aliphatic rings. The maximum absolute atomic E-state index is 12.3. The van der Waals surface area contributed by atoms with E-state index in [2.05, 4.69) is 0 Å². The Morgan fingerprint density at radius 2 is 1.70 bits per heavy atom. The molecule has 0 aliphatic carbocycles. The molecule has 4 nitrogen and oxygen atoms in total. The highest BCUT2D eigenvalue weighted by atomic mass is 16.5. The number of carbonyl (C=O) groups is 2. The first-order valence-electron chi connectivity index (χ1n) is 8.61. The summed E-state index contributed by atoms with van der Waals surface area (Å²) in [6.45, 7) is 1.69. The van der Waals surface area contributed by atoms with Gasteiger partial charge in [-0.2, -0.15) is 0 Å². The van der Waals surface area contributed by atoms with E-state index in [0.29, 0.717) is 5.56 Å². The van der Waals surface area contributed by atoms with Crippen LogP contribution in [0.25, 0.3) is 16.8 Å². The van der Waals surface area contributed by atoms with Crippen molar-refractivity contribution < 1.29 is 19.1 Å². The maximum atomic E-state index is 12.3. The molecule has 0 N–H and O–H groups in total. The highest BCUT2D eigenvalue weighted by Gasteiger charge is 2.22. The zero-order chi connectivity index (χ0) is 19.2. The fraction of sp³-hybridized carbons (Fsp3) is 0.130. The largest absolute Gasteiger partial charge is 0.488 e. The van der Waals surface area contributed by atoms with E-state index in [-0.39, 0.29) is 23.7 Å². The molecule has 0 radical (unpaired) electrons. The van der Waals surface area contributed by atoms with Crippen molar-refractivity contribution in [1.82, 2.24) is 0 Å². The third-order valence-electron chi connectivity index (χ3n) is 4.19. The maximum Gasteiger partial charge on any atom is 0.341 e. The highest BCUT2D eigenvalue weighted by molar-refractivity contribution is 6.13. The number of fused-ring (bicyclic) bond motifs is 1. The number of benzene rings is 3. The van der Waals surface area contributed by atoms with Gasteiger partial charge in [0.2, 0.25) is 0 Å². The van der Waals surface area contributed by atoms with Gasteiger partial charge in [0.15, 0.2) is 5.78 Å². The van der Waals surface area contributed by atoms with Crippen molar-refractivity contribution in [2.45, 2.75) is 6.92 Å². The number of Topliss-reactive ketones (excluding diaryl/α,β-unsaturated/α-hetero) is 1. The summed E-state index contributed by atoms with van der Waals surface area (Å²) in [5.41, 5.74) is 1.68. The van der Waals surface area contributed by atoms with Crippen molar-refractivity contribution >= 4 is 28.6 Å². The first-order valence-corrected chi connectivity index (χ1v) is 8.61. The molecule has 0 aliphatic heterocycles. The molecule has 0 bridgehead atoms. The third-order valence-corrected chi connectivity index (χ3v) is 4.19. The van der Waals surface area contributed by atoms with Gasteiger partial charge in [-0.3, -0.25) is 4.79 Å². The zero-order valence-electron chi connectivity index (χ0n) is 15.3. The van der Waals surface area contributed by atoms with Crippen LogP contribution >= 0.6 is 0 Å². The lowest BCUT2D eigenvalue weighted by atomic mass is 9.97. The minimum absolute atomic E-state index is 0.168. The van der Waals surface area contributed by atoms with Crippen molar-refractivity contribution in [3.8, 4) is 5.75 Å². The average molecular weight is 360 g/mol. The minimum Gasteiger partial charge on any atom is -0.488 e. The number of esters is 1. The lowest BCUT2D eigenvalue weighted by molar-refractivity contribution is 0.0596. The normalized spacial score (nSPS) is 10.9. The van der Waals surface area contributed by atoms with Crippen LogP contribution in [-0.2, 0) is 4.74 Å². The van der Waals surface area contributed by atoms with Gasteiger partial charge in [0, 0.05) is 0 Å². The van der Waals surface area contributed by atoms with Crippen LogP contribution in [0.5, 0.6) is 5.75 Å². The summed E-state index contributed by atoms with van der Waals surface area (Å²) in [6, 6.07) is 18.9. The number of rotatable bonds is 6. The topological polar surface area (TPSA) is 52.6 Å². The van der Waals surface area contributed by atoms with E-state index in [1.807, 2.05) is 66.7 Å². The average Bonchev–Trinajstić information content (AvgIpc) is 2.70. The number of methoxy groups -OCH3 is 1. The van der Waals surface area contributed by atoms with E-state index in [1.165, 1.54) is 14.0 Å². The van der Waals surface area contributed by atoms with Crippen LogP contribution in [0.4, 0.5) is 0 Å². The monoisotopic (exact) mass is 360 g/mol. The van der Waals surface area contributed by atoms with Gasteiger partial charge >= 0.3 is 5.97 Å². The Morgan fingerprint density at radius 1 is 1.00 bits per heavy atom. The summed E-state index contributed by atoms with van der Waals surface area (Å²) >= 11 is 0. The molecule has 0 saturated carbocycles. The van der Waals surface area contributed by atoms with Crippen molar-refractivity contribution in [2.75, 3.05) is 13.7 Å². The van der Waals surface area contributed by atoms with Crippen LogP contribution in [0.1, 0.15) is 33.2 Å². The Balaban J connectivity index is 2.01. The summed E-state index contributed by atoms with van der Waals surface area (Å²) in [5, 5.41) is 1.54. The van der Waals surface area contributed by atoms with Crippen molar-refractivity contribution in [3.05, 3.63) is 83.4 Å². The van der Waals surface area contributed by atoms with Gasteiger partial charge < -0.3 is 9.47 Å². The van der Waals surface area contributed by atoms with Crippen LogP contribution in [0.3, 0.4) is 0 Å². The molecule has 4 heteroatoms. The molecular formula is C23H20O4. The Kier molecular flexibility index (Phi) is 5.67. The second-order valence-electron chi connectivity index (χ2n) is 6.02. The van der Waals surface area contributed by atoms with Crippen molar-refractivity contribution in [2.24, 2.45) is 0 Å². The van der Waals surface area contributed by atoms with Gasteiger partial charge in [-0.25, -0.2) is 4.79 Å². The van der Waals surface area contributed by atoms with E-state index in [9.17, 15) is 9.59 Å². The van der Waals surface area contributed by atoms with E-state index in [1.54, 1.807) is 6.07 Å². The molecule has 3 aromatic carbocycles. The molecule has 0 saturated heterocycles. The van der Waals surface area contributed by atoms with Gasteiger partial charge in [-0.1, -0.05) is 60.7 Å². The number of hydrogen-bond acceptors (Lipinski definition) is 4. The number of ketones is 1. The number of ether oxygens (including phenoxy) is 2. The van der Waals surface area contributed by atoms with E-state index in [0.717, 1.165) is 16.3 Å². The fourth-order valence-electron chi connectivity index (χ4n) is 2.97. The lowest BCUT2D eigenvalue weighted by Crippen LogP contribution is -2.10. The number of hydrogen-bond donors (Lipinski definition) is 0. The van der Waals surface area contributed by atoms with E-state index >= 15 is 0 Å². The summed E-state index contributed by atoms with van der Waals surface area (Å²) in [6.07, 6.45) is 3.77. The minimum atomic E-state index is -0.537. The Hall–Kier alpha value is -3.40. The number of carbonyl (C=O) groups excluding carboxylic acids is 2. The van der Waals surface area contributed by atoms with Crippen LogP contribution in [0.15, 0.2) is 66.7 Å². The summed E-state index contributed by atoms with van der Waals surface area (Å²) in [4.78, 5) is 24.6. The smallest absolute Gasteiger partial charge is 0.341 e. The van der Waals surface area contributed by atoms with Crippen LogP contribution < -0.4 is 4.74 Å². The quantitative estimate of drug-likeness (QED) is 0.462. The molecule has 0 unspecified atom stereocenters. The third kappa shape index (κ3) is 4.06. The molecule has 0 aromatic heterocycles. The van der Waals surface area contributed by atoms with E-state index < -0.39 is 5.97 Å². The molecule has 136 valence electrons. The molecule has 3 aromatic rings. The Morgan fingerprint density at radius 3 is 2.41 bits per heavy atom. The Bertz CT molecular complexity index is 1000. The van der Waals surface area contributed by atoms with Gasteiger partial charge in [0.05, 0.1) is 12.7 Å². The fourth-order valence-corrected chi connectivity index (χ4v) is 2.97. The van der Waals surface area contributed by atoms with Gasteiger partial charge in [0.25, 0.3) is 0 Å². The molecule has 0 spiro atoms. The van der Waals surface area contributed by atoms with Crippen molar-refractivity contribution in [3.63, 3.8) is 0 Å². The highest BCUT2D eigenvalue weighted by Crippen LogP contribution is 2.33. The molecule has 3 rings (SSSR count). The molecule has 0 heterocycles. The Labute approximate surface area is 158 Å².